The van der Waals surface area contributed by atoms with E-state index >= 15 is 0 Å². The van der Waals surface area contributed by atoms with Crippen molar-refractivity contribution in [2.45, 2.75) is 26.2 Å². The lowest BCUT2D eigenvalue weighted by molar-refractivity contribution is 0.660. The highest BCUT2D eigenvalue weighted by molar-refractivity contribution is 6.11. The van der Waals surface area contributed by atoms with Crippen LogP contribution in [0.25, 0.3) is 49.7 Å². The summed E-state index contributed by atoms with van der Waals surface area (Å²) >= 11 is 0. The van der Waals surface area contributed by atoms with E-state index in [0.29, 0.717) is 5.56 Å². The topological polar surface area (TPSA) is 32.0 Å². The number of rotatable bonds is 5. The Bertz CT molecular complexity index is 2620. The number of nitriles is 1. The van der Waals surface area contributed by atoms with Gasteiger partial charge in [0.25, 0.3) is 0 Å². The Kier molecular flexibility index (Phi) is 6.76. The molecule has 1 aliphatic rings. The van der Waals surface area contributed by atoms with Crippen LogP contribution in [-0.4, -0.2) is 4.57 Å². The van der Waals surface area contributed by atoms with Gasteiger partial charge in [-0.1, -0.05) is 92.2 Å². The van der Waals surface area contributed by atoms with Crippen LogP contribution in [0.2, 0.25) is 0 Å². The largest absolute Gasteiger partial charge is 0.310 e. The van der Waals surface area contributed by atoms with Gasteiger partial charge in [-0.05, 0) is 125 Å². The lowest BCUT2D eigenvalue weighted by Gasteiger charge is -2.26. The number of hydrogen-bond acceptors (Lipinski definition) is 2. The number of benzene rings is 7. The van der Waals surface area contributed by atoms with Gasteiger partial charge in [-0.25, -0.2) is 0 Å². The normalized spacial score (nSPS) is 12.8. The molecule has 238 valence electrons. The molecule has 0 amide bonds. The average molecular weight is 642 g/mol. The summed E-state index contributed by atoms with van der Waals surface area (Å²) in [5.41, 5.74) is 16.3. The van der Waals surface area contributed by atoms with Gasteiger partial charge >= 0.3 is 0 Å². The highest BCUT2D eigenvalue weighted by atomic mass is 15.1. The van der Waals surface area contributed by atoms with Crippen LogP contribution < -0.4 is 4.90 Å². The molecule has 0 saturated heterocycles. The van der Waals surface area contributed by atoms with Gasteiger partial charge in [-0.2, -0.15) is 5.26 Å². The molecule has 1 aromatic heterocycles. The summed E-state index contributed by atoms with van der Waals surface area (Å²) in [6.07, 6.45) is 0. The molecule has 0 radical (unpaired) electrons. The summed E-state index contributed by atoms with van der Waals surface area (Å²) in [4.78, 5) is 2.34. The Balaban J connectivity index is 1.15. The molecule has 0 spiro atoms. The summed E-state index contributed by atoms with van der Waals surface area (Å²) in [5.74, 6) is 0. The third-order valence-electron chi connectivity index (χ3n) is 10.5. The van der Waals surface area contributed by atoms with Crippen LogP contribution in [0.15, 0.2) is 158 Å². The molecule has 0 bridgehead atoms. The smallest absolute Gasteiger partial charge is 0.0991 e. The maximum atomic E-state index is 9.40. The van der Waals surface area contributed by atoms with Gasteiger partial charge in [0.15, 0.2) is 0 Å². The van der Waals surface area contributed by atoms with E-state index in [0.717, 1.165) is 33.8 Å². The van der Waals surface area contributed by atoms with E-state index in [1.54, 1.807) is 0 Å². The maximum absolute atomic E-state index is 9.40. The van der Waals surface area contributed by atoms with Gasteiger partial charge in [0.2, 0.25) is 0 Å². The standard InChI is InChI=1S/C47H35N3/c1-31-13-25-45-41(27-31)42-29-38(23-26-46(42)50(45)37-19-14-32(30-48)15-20-37)49(35-9-5-4-6-10-35)36-21-16-33(17-22-36)34-18-24-40-39-11-7-8-12-43(39)47(2,3)44(40)28-34/h4-29H,1-3H3. The lowest BCUT2D eigenvalue weighted by atomic mass is 9.81. The number of fused-ring (bicyclic) bond motifs is 6. The number of hydrogen-bond donors (Lipinski definition) is 0. The first-order valence-corrected chi connectivity index (χ1v) is 17.2. The Morgan fingerprint density at radius 1 is 0.540 bits per heavy atom. The molecular formula is C47H35N3. The van der Waals surface area contributed by atoms with Gasteiger partial charge in [0.1, 0.15) is 0 Å². The highest BCUT2D eigenvalue weighted by Crippen LogP contribution is 2.49. The first kappa shape index (κ1) is 29.7. The highest BCUT2D eigenvalue weighted by Gasteiger charge is 2.35. The fraction of sp³-hybridized carbons (Fsp3) is 0.0851. The molecule has 9 rings (SSSR count). The SMILES string of the molecule is Cc1ccc2c(c1)c1cc(N(c3ccccc3)c3ccc(-c4ccc5c(c4)C(C)(C)c4ccccc4-5)cc3)ccc1n2-c1ccc(C#N)cc1. The van der Waals surface area contributed by atoms with Crippen molar-refractivity contribution in [2.24, 2.45) is 0 Å². The number of para-hydroxylation sites is 1. The minimum Gasteiger partial charge on any atom is -0.310 e. The first-order valence-electron chi connectivity index (χ1n) is 17.2. The minimum atomic E-state index is -0.0353. The fourth-order valence-corrected chi connectivity index (χ4v) is 7.94. The van der Waals surface area contributed by atoms with Crippen LogP contribution >= 0.6 is 0 Å². The molecular weight excluding hydrogens is 607 g/mol. The van der Waals surface area contributed by atoms with Crippen molar-refractivity contribution in [1.29, 1.82) is 5.26 Å². The Morgan fingerprint density at radius 3 is 1.92 bits per heavy atom. The molecule has 0 unspecified atom stereocenters. The van der Waals surface area contributed by atoms with Crippen LogP contribution in [0.1, 0.15) is 36.1 Å². The van der Waals surface area contributed by atoms with Crippen LogP contribution in [0.3, 0.4) is 0 Å². The van der Waals surface area contributed by atoms with E-state index in [1.165, 1.54) is 49.7 Å². The van der Waals surface area contributed by atoms with Gasteiger partial charge in [-0.15, -0.1) is 0 Å². The summed E-state index contributed by atoms with van der Waals surface area (Å²) in [5, 5.41) is 11.8. The van der Waals surface area contributed by atoms with Crippen molar-refractivity contribution in [3.05, 3.63) is 180 Å². The monoisotopic (exact) mass is 641 g/mol. The zero-order valence-corrected chi connectivity index (χ0v) is 28.4. The van der Waals surface area contributed by atoms with E-state index in [-0.39, 0.29) is 5.41 Å². The van der Waals surface area contributed by atoms with Crippen molar-refractivity contribution in [3.63, 3.8) is 0 Å². The predicted molar refractivity (Wildman–Crippen MR) is 208 cm³/mol. The molecule has 1 heterocycles. The van der Waals surface area contributed by atoms with Crippen LogP contribution in [0.4, 0.5) is 17.1 Å². The van der Waals surface area contributed by atoms with Gasteiger partial charge in [-0.3, -0.25) is 0 Å². The third-order valence-corrected chi connectivity index (χ3v) is 10.5. The number of nitrogens with zero attached hydrogens (tertiary/aromatic N) is 3. The van der Waals surface area contributed by atoms with E-state index in [1.807, 2.05) is 24.3 Å². The Hall–Kier alpha value is -6.37. The molecule has 0 fully saturated rings. The molecule has 1 aliphatic carbocycles. The number of anilines is 3. The summed E-state index contributed by atoms with van der Waals surface area (Å²) in [6.45, 7) is 6.82. The molecule has 3 heteroatoms. The van der Waals surface area contributed by atoms with E-state index in [4.69, 9.17) is 0 Å². The van der Waals surface area contributed by atoms with Crippen molar-refractivity contribution in [2.75, 3.05) is 4.90 Å². The predicted octanol–water partition coefficient (Wildman–Crippen LogP) is 12.4. The lowest BCUT2D eigenvalue weighted by Crippen LogP contribution is -2.14. The fourth-order valence-electron chi connectivity index (χ4n) is 7.94. The second kappa shape index (κ2) is 11.4. The van der Waals surface area contributed by atoms with E-state index < -0.39 is 0 Å². The zero-order valence-electron chi connectivity index (χ0n) is 28.4. The quantitative estimate of drug-likeness (QED) is 0.187. The average Bonchev–Trinajstić information content (AvgIpc) is 3.60. The summed E-state index contributed by atoms with van der Waals surface area (Å²) in [7, 11) is 0. The van der Waals surface area contributed by atoms with Crippen LogP contribution in [-0.2, 0) is 5.41 Å². The van der Waals surface area contributed by atoms with Crippen LogP contribution in [0.5, 0.6) is 0 Å². The van der Waals surface area contributed by atoms with Crippen molar-refractivity contribution >= 4 is 38.9 Å². The molecule has 8 aromatic rings. The molecule has 0 atom stereocenters. The second-order valence-electron chi connectivity index (χ2n) is 13.9. The first-order chi connectivity index (χ1) is 24.4. The Morgan fingerprint density at radius 2 is 1.16 bits per heavy atom. The van der Waals surface area contributed by atoms with Crippen molar-refractivity contribution in [3.8, 4) is 34.0 Å². The minimum absolute atomic E-state index is 0.0353. The Labute approximate surface area is 292 Å². The van der Waals surface area contributed by atoms with Gasteiger partial charge < -0.3 is 9.47 Å². The second-order valence-corrected chi connectivity index (χ2v) is 13.9. The molecule has 50 heavy (non-hydrogen) atoms. The van der Waals surface area contributed by atoms with Gasteiger partial charge in [0, 0.05) is 38.9 Å². The number of aromatic nitrogens is 1. The third kappa shape index (κ3) is 4.65. The van der Waals surface area contributed by atoms with Gasteiger partial charge in [0.05, 0.1) is 22.7 Å². The van der Waals surface area contributed by atoms with E-state index in [2.05, 4.69) is 170 Å². The zero-order chi connectivity index (χ0) is 34.0. The summed E-state index contributed by atoms with van der Waals surface area (Å²) < 4.78 is 2.30. The molecule has 7 aromatic carbocycles. The molecule has 3 nitrogen and oxygen atoms in total. The molecule has 0 saturated carbocycles. The van der Waals surface area contributed by atoms with E-state index in [9.17, 15) is 5.26 Å². The number of aryl methyl sites for hydroxylation is 1. The molecule has 0 N–H and O–H groups in total. The summed E-state index contributed by atoms with van der Waals surface area (Å²) in [6, 6.07) is 58.8. The van der Waals surface area contributed by atoms with Crippen molar-refractivity contribution in [1.82, 2.24) is 4.57 Å². The van der Waals surface area contributed by atoms with Crippen molar-refractivity contribution < 1.29 is 0 Å². The van der Waals surface area contributed by atoms with Crippen LogP contribution in [0, 0.1) is 18.3 Å². The molecule has 0 aliphatic heterocycles. The maximum Gasteiger partial charge on any atom is 0.0991 e.